The minimum Gasteiger partial charge on any atom is -0.459 e. The zero-order chi connectivity index (χ0) is 22.8. The summed E-state index contributed by atoms with van der Waals surface area (Å²) in [6.07, 6.45) is 5.16. The second kappa shape index (κ2) is 9.05. The quantitative estimate of drug-likeness (QED) is 0.571. The van der Waals surface area contributed by atoms with E-state index in [4.69, 9.17) is 14.1 Å². The van der Waals surface area contributed by atoms with Crippen LogP contribution in [0.5, 0.6) is 0 Å². The van der Waals surface area contributed by atoms with Crippen LogP contribution >= 0.6 is 0 Å². The largest absolute Gasteiger partial charge is 0.459 e. The van der Waals surface area contributed by atoms with Crippen molar-refractivity contribution < 1.29 is 23.5 Å². The third-order valence-electron chi connectivity index (χ3n) is 6.35. The van der Waals surface area contributed by atoms with Gasteiger partial charge in [-0.05, 0) is 49.4 Å². The van der Waals surface area contributed by atoms with E-state index in [1.807, 2.05) is 24.3 Å². The van der Waals surface area contributed by atoms with E-state index in [1.165, 1.54) is 6.26 Å². The molecule has 3 aromatic rings. The maximum absolute atomic E-state index is 13.1. The number of benzene rings is 1. The summed E-state index contributed by atoms with van der Waals surface area (Å²) in [4.78, 5) is 46.2. The Labute approximate surface area is 191 Å². The highest BCUT2D eigenvalue weighted by atomic mass is 16.5. The van der Waals surface area contributed by atoms with Crippen molar-refractivity contribution in [1.29, 1.82) is 0 Å². The lowest BCUT2D eigenvalue weighted by Crippen LogP contribution is -2.51. The normalized spacial score (nSPS) is 15.9. The Kier molecular flexibility index (Phi) is 5.81. The van der Waals surface area contributed by atoms with Crippen molar-refractivity contribution in [3.8, 4) is 0 Å². The molecule has 1 aliphatic carbocycles. The molecule has 1 saturated heterocycles. The highest BCUT2D eigenvalue weighted by Gasteiger charge is 2.28. The van der Waals surface area contributed by atoms with Crippen LogP contribution in [0, 0.1) is 0 Å². The van der Waals surface area contributed by atoms with Gasteiger partial charge >= 0.3 is 5.97 Å². The Balaban J connectivity index is 1.23. The zero-order valence-corrected chi connectivity index (χ0v) is 18.3. The van der Waals surface area contributed by atoms with Gasteiger partial charge in [0.05, 0.1) is 17.3 Å². The maximum atomic E-state index is 13.1. The molecule has 8 heteroatoms. The van der Waals surface area contributed by atoms with E-state index in [-0.39, 0.29) is 24.2 Å². The number of carbonyl (C=O) groups is 3. The van der Waals surface area contributed by atoms with E-state index in [1.54, 1.807) is 21.9 Å². The molecule has 0 spiro atoms. The van der Waals surface area contributed by atoms with Gasteiger partial charge in [0, 0.05) is 37.3 Å². The second-order valence-corrected chi connectivity index (χ2v) is 8.36. The van der Waals surface area contributed by atoms with Crippen LogP contribution in [-0.2, 0) is 22.4 Å². The highest BCUT2D eigenvalue weighted by Crippen LogP contribution is 2.29. The average Bonchev–Trinajstić information content (AvgIpc) is 3.40. The first-order chi connectivity index (χ1) is 16.1. The van der Waals surface area contributed by atoms with Crippen molar-refractivity contribution in [2.24, 2.45) is 0 Å². The molecule has 33 heavy (non-hydrogen) atoms. The minimum atomic E-state index is -0.480. The number of aromatic nitrogens is 1. The smallest absolute Gasteiger partial charge is 0.339 e. The van der Waals surface area contributed by atoms with Crippen LogP contribution in [0.1, 0.15) is 45.0 Å². The molecule has 0 unspecified atom stereocenters. The molecule has 2 aliphatic rings. The molecule has 0 N–H and O–H groups in total. The summed E-state index contributed by atoms with van der Waals surface area (Å²) in [5.74, 6) is -0.642. The van der Waals surface area contributed by atoms with Gasteiger partial charge < -0.3 is 19.0 Å². The van der Waals surface area contributed by atoms with Crippen molar-refractivity contribution in [1.82, 2.24) is 14.8 Å². The number of amides is 2. The number of pyridine rings is 1. The number of carbonyl (C=O) groups excluding carboxylic acids is 3. The van der Waals surface area contributed by atoms with Gasteiger partial charge in [-0.2, -0.15) is 0 Å². The van der Waals surface area contributed by atoms with Gasteiger partial charge in [-0.3, -0.25) is 14.6 Å². The minimum absolute atomic E-state index is 0.187. The van der Waals surface area contributed by atoms with Crippen molar-refractivity contribution >= 4 is 28.7 Å². The van der Waals surface area contributed by atoms with E-state index in [9.17, 15) is 14.4 Å². The maximum Gasteiger partial charge on any atom is 0.339 e. The molecular weight excluding hydrogens is 422 g/mol. The number of ether oxygens (including phenoxy) is 1. The van der Waals surface area contributed by atoms with Crippen LogP contribution in [0.4, 0.5) is 0 Å². The van der Waals surface area contributed by atoms with Gasteiger partial charge in [-0.15, -0.1) is 0 Å². The van der Waals surface area contributed by atoms with E-state index in [2.05, 4.69) is 0 Å². The standard InChI is InChI=1S/C25H25N3O5/c29-22(27-11-13-28(14-12-27)24(30)21-10-5-15-32-21)16-33-25(31)23-17-6-1-3-8-19(17)26-20-9-4-2-7-18(20)23/h1,3,5-6,8,10,15H,2,4,7,9,11-14,16H2. The Morgan fingerprint density at radius 2 is 1.70 bits per heavy atom. The van der Waals surface area contributed by atoms with Gasteiger partial charge in [0.1, 0.15) is 0 Å². The number of fused-ring (bicyclic) bond motifs is 2. The SMILES string of the molecule is O=C(OCC(=O)N1CCN(C(=O)c2ccco2)CC1)c1c2c(nc3ccccc13)CCCC2. The number of hydrogen-bond donors (Lipinski definition) is 0. The second-order valence-electron chi connectivity index (χ2n) is 8.36. The number of para-hydroxylation sites is 1. The molecule has 1 fully saturated rings. The molecule has 1 aromatic carbocycles. The van der Waals surface area contributed by atoms with Gasteiger partial charge in [0.15, 0.2) is 12.4 Å². The summed E-state index contributed by atoms with van der Waals surface area (Å²) >= 11 is 0. The first-order valence-electron chi connectivity index (χ1n) is 11.3. The number of rotatable bonds is 4. The number of piperazine rings is 1. The number of hydrogen-bond acceptors (Lipinski definition) is 6. The summed E-state index contributed by atoms with van der Waals surface area (Å²) in [5, 5.41) is 0.764. The Morgan fingerprint density at radius 1 is 0.939 bits per heavy atom. The van der Waals surface area contributed by atoms with Crippen LogP contribution < -0.4 is 0 Å². The topological polar surface area (TPSA) is 93.0 Å². The first-order valence-corrected chi connectivity index (χ1v) is 11.3. The Bertz CT molecular complexity index is 1200. The van der Waals surface area contributed by atoms with Crippen LogP contribution in [0.3, 0.4) is 0 Å². The Hall–Kier alpha value is -3.68. The molecule has 5 rings (SSSR count). The number of furan rings is 1. The molecule has 0 radical (unpaired) electrons. The predicted octanol–water partition coefficient (Wildman–Crippen LogP) is 2.85. The fourth-order valence-corrected chi connectivity index (χ4v) is 4.61. The summed E-state index contributed by atoms with van der Waals surface area (Å²) in [6, 6.07) is 10.9. The van der Waals surface area contributed by atoms with Gasteiger partial charge in [0.2, 0.25) is 0 Å². The van der Waals surface area contributed by atoms with E-state index in [0.29, 0.717) is 31.7 Å². The molecule has 1 aliphatic heterocycles. The predicted molar refractivity (Wildman–Crippen MR) is 120 cm³/mol. The summed E-state index contributed by atoms with van der Waals surface area (Å²) in [6.45, 7) is 1.26. The molecule has 0 saturated carbocycles. The third kappa shape index (κ3) is 4.20. The number of esters is 1. The van der Waals surface area contributed by atoms with Crippen LogP contribution in [0.2, 0.25) is 0 Å². The summed E-state index contributed by atoms with van der Waals surface area (Å²) < 4.78 is 10.7. The van der Waals surface area contributed by atoms with E-state index < -0.39 is 5.97 Å². The number of aryl methyl sites for hydroxylation is 1. The molecule has 170 valence electrons. The van der Waals surface area contributed by atoms with Crippen molar-refractivity contribution in [2.45, 2.75) is 25.7 Å². The lowest BCUT2D eigenvalue weighted by atomic mass is 9.90. The van der Waals surface area contributed by atoms with Gasteiger partial charge in [0.25, 0.3) is 11.8 Å². The van der Waals surface area contributed by atoms with Crippen LogP contribution in [0.15, 0.2) is 47.1 Å². The van der Waals surface area contributed by atoms with Crippen molar-refractivity contribution in [2.75, 3.05) is 32.8 Å². The van der Waals surface area contributed by atoms with Gasteiger partial charge in [-0.25, -0.2) is 4.79 Å². The van der Waals surface area contributed by atoms with Gasteiger partial charge in [-0.1, -0.05) is 18.2 Å². The monoisotopic (exact) mass is 447 g/mol. The van der Waals surface area contributed by atoms with E-state index in [0.717, 1.165) is 47.8 Å². The molecule has 3 heterocycles. The number of nitrogens with zero attached hydrogens (tertiary/aromatic N) is 3. The molecular formula is C25H25N3O5. The highest BCUT2D eigenvalue weighted by molar-refractivity contribution is 6.05. The van der Waals surface area contributed by atoms with E-state index >= 15 is 0 Å². The van der Waals surface area contributed by atoms with Crippen molar-refractivity contribution in [3.63, 3.8) is 0 Å². The summed E-state index contributed by atoms with van der Waals surface area (Å²) in [5.41, 5.74) is 3.21. The summed E-state index contributed by atoms with van der Waals surface area (Å²) in [7, 11) is 0. The zero-order valence-electron chi connectivity index (χ0n) is 18.3. The van der Waals surface area contributed by atoms with Crippen LogP contribution in [-0.4, -0.2) is 65.4 Å². The molecule has 2 aromatic heterocycles. The lowest BCUT2D eigenvalue weighted by Gasteiger charge is -2.34. The Morgan fingerprint density at radius 3 is 2.48 bits per heavy atom. The average molecular weight is 447 g/mol. The molecule has 8 nitrogen and oxygen atoms in total. The molecule has 0 atom stereocenters. The first kappa shape index (κ1) is 21.2. The fraction of sp³-hybridized carbons (Fsp3) is 0.360. The third-order valence-corrected chi connectivity index (χ3v) is 6.35. The van der Waals surface area contributed by atoms with Crippen LogP contribution in [0.25, 0.3) is 10.9 Å². The lowest BCUT2D eigenvalue weighted by molar-refractivity contribution is -0.136. The fourth-order valence-electron chi connectivity index (χ4n) is 4.61. The van der Waals surface area contributed by atoms with Crippen molar-refractivity contribution in [3.05, 3.63) is 65.2 Å². The molecule has 2 amide bonds. The molecule has 0 bridgehead atoms.